The summed E-state index contributed by atoms with van der Waals surface area (Å²) < 4.78 is 5.52. The fourth-order valence-electron chi connectivity index (χ4n) is 11.7. The molecule has 0 rings (SSSR count). The molecular weight excluding hydrogens is 947 g/mol. The van der Waals surface area contributed by atoms with Gasteiger partial charge in [-0.05, 0) is 25.7 Å². The van der Waals surface area contributed by atoms with E-state index in [9.17, 15) is 19.8 Å². The Bertz CT molecular complexity index is 1120. The summed E-state index contributed by atoms with van der Waals surface area (Å²) in [5, 5.41) is 23.1. The Morgan fingerprint density at radius 1 is 0.312 bits per heavy atom. The van der Waals surface area contributed by atoms with Crippen molar-refractivity contribution in [3.05, 3.63) is 0 Å². The van der Waals surface area contributed by atoms with Crippen LogP contribution in [0, 0.1) is 0 Å². The molecule has 0 aliphatic carbocycles. The van der Waals surface area contributed by atoms with E-state index in [1.807, 2.05) is 0 Å². The van der Waals surface area contributed by atoms with E-state index in [4.69, 9.17) is 4.74 Å². The Balaban J connectivity index is 3.26. The highest BCUT2D eigenvalue weighted by Crippen LogP contribution is 2.20. The van der Waals surface area contributed by atoms with Crippen LogP contribution in [0.25, 0.3) is 0 Å². The lowest BCUT2D eigenvalue weighted by Crippen LogP contribution is -2.45. The molecule has 0 aromatic carbocycles. The van der Waals surface area contributed by atoms with Gasteiger partial charge in [-0.2, -0.15) is 0 Å². The molecule has 1 amide bonds. The van der Waals surface area contributed by atoms with Crippen LogP contribution in [0.5, 0.6) is 0 Å². The van der Waals surface area contributed by atoms with Gasteiger partial charge in [0.25, 0.3) is 0 Å². The number of ether oxygens (including phenoxy) is 1. The molecule has 0 aromatic rings. The van der Waals surface area contributed by atoms with Gasteiger partial charge in [-0.25, -0.2) is 0 Å². The number of rotatable bonds is 68. The van der Waals surface area contributed by atoms with Crippen LogP contribution in [0.4, 0.5) is 0 Å². The summed E-state index contributed by atoms with van der Waals surface area (Å²) >= 11 is 0. The van der Waals surface area contributed by atoms with Crippen molar-refractivity contribution < 1.29 is 24.5 Å². The molecule has 6 heteroatoms. The fourth-order valence-corrected chi connectivity index (χ4v) is 11.7. The molecular formula is C71H141NO5. The molecule has 0 aliphatic rings. The maximum atomic E-state index is 12.4. The third-order valence-corrected chi connectivity index (χ3v) is 17.2. The maximum Gasteiger partial charge on any atom is 0.305 e. The first-order chi connectivity index (χ1) is 38.0. The van der Waals surface area contributed by atoms with Crippen LogP contribution in [0.3, 0.4) is 0 Å². The van der Waals surface area contributed by atoms with Crippen LogP contribution in [-0.2, 0) is 14.3 Å². The number of nitrogens with one attached hydrogen (secondary N) is 1. The summed E-state index contributed by atoms with van der Waals surface area (Å²) in [6.07, 6.45) is 81.8. The number of unbranched alkanes of at least 4 members (excludes halogenated alkanes) is 57. The smallest absolute Gasteiger partial charge is 0.305 e. The fraction of sp³-hybridized carbons (Fsp3) is 0.972. The number of aliphatic hydroxyl groups is 2. The zero-order valence-corrected chi connectivity index (χ0v) is 52.7. The van der Waals surface area contributed by atoms with Gasteiger partial charge in [0.2, 0.25) is 5.91 Å². The average molecular weight is 1090 g/mol. The first-order valence-electron chi connectivity index (χ1n) is 35.8. The minimum atomic E-state index is -0.657. The summed E-state index contributed by atoms with van der Waals surface area (Å²) in [7, 11) is 0. The number of hydrogen-bond acceptors (Lipinski definition) is 5. The van der Waals surface area contributed by atoms with E-state index in [-0.39, 0.29) is 18.5 Å². The Kier molecular flexibility index (Phi) is 66.4. The molecule has 0 aromatic heterocycles. The zero-order valence-electron chi connectivity index (χ0n) is 52.7. The topological polar surface area (TPSA) is 95.9 Å². The predicted molar refractivity (Wildman–Crippen MR) is 338 cm³/mol. The van der Waals surface area contributed by atoms with Gasteiger partial charge >= 0.3 is 5.97 Å². The van der Waals surface area contributed by atoms with E-state index in [0.29, 0.717) is 25.9 Å². The molecule has 0 bridgehead atoms. The van der Waals surface area contributed by atoms with Gasteiger partial charge in [-0.15, -0.1) is 0 Å². The third kappa shape index (κ3) is 63.9. The summed E-state index contributed by atoms with van der Waals surface area (Å²) in [5.41, 5.74) is 0. The number of aliphatic hydroxyl groups excluding tert-OH is 2. The molecule has 0 fully saturated rings. The van der Waals surface area contributed by atoms with Crippen LogP contribution in [-0.4, -0.2) is 47.4 Å². The van der Waals surface area contributed by atoms with Crippen LogP contribution < -0.4 is 5.32 Å². The van der Waals surface area contributed by atoms with Crippen LogP contribution >= 0.6 is 0 Å². The summed E-state index contributed by atoms with van der Waals surface area (Å²) in [4.78, 5) is 24.5. The minimum absolute atomic E-state index is 0.0271. The Morgan fingerprint density at radius 3 is 0.792 bits per heavy atom. The third-order valence-electron chi connectivity index (χ3n) is 17.2. The second-order valence-electron chi connectivity index (χ2n) is 24.9. The van der Waals surface area contributed by atoms with Crippen molar-refractivity contribution in [2.24, 2.45) is 0 Å². The molecule has 0 radical (unpaired) electrons. The highest BCUT2D eigenvalue weighted by molar-refractivity contribution is 5.76. The molecule has 0 saturated heterocycles. The number of esters is 1. The molecule has 2 unspecified atom stereocenters. The van der Waals surface area contributed by atoms with Gasteiger partial charge in [0.05, 0.1) is 25.4 Å². The molecule has 2 atom stereocenters. The van der Waals surface area contributed by atoms with Crippen molar-refractivity contribution in [3.63, 3.8) is 0 Å². The predicted octanol–water partition coefficient (Wildman–Crippen LogP) is 23.0. The van der Waals surface area contributed by atoms with Crippen LogP contribution in [0.1, 0.15) is 418 Å². The lowest BCUT2D eigenvalue weighted by Gasteiger charge is -2.22. The Hall–Kier alpha value is -1.14. The van der Waals surface area contributed by atoms with E-state index in [0.717, 1.165) is 38.5 Å². The van der Waals surface area contributed by atoms with E-state index >= 15 is 0 Å². The number of carbonyl (C=O) groups excluding carboxylic acids is 2. The monoisotopic (exact) mass is 1090 g/mol. The summed E-state index contributed by atoms with van der Waals surface area (Å²) in [6, 6.07) is -0.534. The molecule has 0 saturated carbocycles. The SMILES string of the molecule is CCCCCCCCCCCCCCCCCCCCCC(=O)OCCCCCCCCCCCCCCCCCCCCCCCCCCCCCCCCCCC(=O)NC(CO)C(O)CCCCCCCCCCC. The van der Waals surface area contributed by atoms with Crippen molar-refractivity contribution >= 4 is 11.9 Å². The largest absolute Gasteiger partial charge is 0.466 e. The van der Waals surface area contributed by atoms with Gasteiger partial charge in [0.1, 0.15) is 0 Å². The van der Waals surface area contributed by atoms with Crippen molar-refractivity contribution in [2.45, 2.75) is 431 Å². The maximum absolute atomic E-state index is 12.4. The van der Waals surface area contributed by atoms with Crippen molar-refractivity contribution in [1.82, 2.24) is 5.32 Å². The van der Waals surface area contributed by atoms with E-state index in [1.54, 1.807) is 0 Å². The Morgan fingerprint density at radius 2 is 0.532 bits per heavy atom. The van der Waals surface area contributed by atoms with Gasteiger partial charge in [0, 0.05) is 12.8 Å². The minimum Gasteiger partial charge on any atom is -0.466 e. The highest BCUT2D eigenvalue weighted by atomic mass is 16.5. The summed E-state index contributed by atoms with van der Waals surface area (Å²) in [6.45, 7) is 4.98. The normalized spacial score (nSPS) is 12.4. The molecule has 0 spiro atoms. The molecule has 77 heavy (non-hydrogen) atoms. The van der Waals surface area contributed by atoms with Gasteiger partial charge in [-0.3, -0.25) is 9.59 Å². The van der Waals surface area contributed by atoms with E-state index in [2.05, 4.69) is 19.2 Å². The van der Waals surface area contributed by atoms with Crippen molar-refractivity contribution in [2.75, 3.05) is 13.2 Å². The molecule has 460 valence electrons. The average Bonchev–Trinajstić information content (AvgIpc) is 3.43. The lowest BCUT2D eigenvalue weighted by atomic mass is 10.0. The first-order valence-corrected chi connectivity index (χ1v) is 35.8. The van der Waals surface area contributed by atoms with Gasteiger partial charge in [0.15, 0.2) is 0 Å². The highest BCUT2D eigenvalue weighted by Gasteiger charge is 2.20. The molecule has 3 N–H and O–H groups in total. The zero-order chi connectivity index (χ0) is 55.7. The van der Waals surface area contributed by atoms with Crippen LogP contribution in [0.15, 0.2) is 0 Å². The van der Waals surface area contributed by atoms with Gasteiger partial charge in [-0.1, -0.05) is 380 Å². The van der Waals surface area contributed by atoms with Crippen molar-refractivity contribution in [3.8, 4) is 0 Å². The first kappa shape index (κ1) is 75.9. The second-order valence-corrected chi connectivity index (χ2v) is 24.9. The molecule has 0 heterocycles. The molecule has 0 aliphatic heterocycles. The van der Waals surface area contributed by atoms with Crippen LogP contribution in [0.2, 0.25) is 0 Å². The van der Waals surface area contributed by atoms with Gasteiger partial charge < -0.3 is 20.3 Å². The van der Waals surface area contributed by atoms with E-state index < -0.39 is 12.1 Å². The lowest BCUT2D eigenvalue weighted by molar-refractivity contribution is -0.143. The quantitative estimate of drug-likeness (QED) is 0.0417. The molecule has 6 nitrogen and oxygen atoms in total. The Labute approximate surface area is 483 Å². The van der Waals surface area contributed by atoms with E-state index in [1.165, 1.54) is 347 Å². The van der Waals surface area contributed by atoms with Crippen molar-refractivity contribution in [1.29, 1.82) is 0 Å². The summed E-state index contributed by atoms with van der Waals surface area (Å²) in [5.74, 6) is -0.00323. The number of hydrogen-bond donors (Lipinski definition) is 3. The second kappa shape index (κ2) is 67.4. The number of carbonyl (C=O) groups is 2. The standard InChI is InChI=1S/C71H141NO5/c1-3-5-7-9-11-13-14-15-16-17-32-36-39-42-45-49-53-57-61-65-71(76)77-66-62-58-54-50-46-43-40-37-34-31-29-27-25-23-21-19-18-20-22-24-26-28-30-33-35-38-41-44-48-52-56-60-64-70(75)72-68(67-73)69(74)63-59-55-51-47-12-10-8-6-4-2/h68-69,73-74H,3-67H2,1-2H3,(H,72,75). The number of amides is 1.